The van der Waals surface area contributed by atoms with Gasteiger partial charge in [-0.1, -0.05) is 41.9 Å². The molecule has 288 valence electrons. The summed E-state index contributed by atoms with van der Waals surface area (Å²) in [7, 11) is 0. The van der Waals surface area contributed by atoms with Crippen molar-refractivity contribution in [2.24, 2.45) is 0 Å². The summed E-state index contributed by atoms with van der Waals surface area (Å²) in [5.41, 5.74) is 8.91. The molecular weight excluding hydrogens is 721 g/mol. The number of alkyl halides is 1. The zero-order valence-electron chi connectivity index (χ0n) is 31.1. The molecule has 55 heavy (non-hydrogen) atoms. The number of halogens is 2. The molecule has 0 spiro atoms. The Bertz CT molecular complexity index is 2050. The topological polar surface area (TPSA) is 122 Å². The van der Waals surface area contributed by atoms with Crippen LogP contribution in [0.2, 0.25) is 5.02 Å². The quantitative estimate of drug-likeness (QED) is 0.140. The monoisotopic (exact) mass is 767 g/mol. The van der Waals surface area contributed by atoms with Crippen molar-refractivity contribution in [3.63, 3.8) is 0 Å². The highest BCUT2D eigenvalue weighted by Gasteiger charge is 2.36. The number of hydrogen-bond donors (Lipinski definition) is 2. The Labute approximate surface area is 326 Å². The molecule has 0 radical (unpaired) electrons. The van der Waals surface area contributed by atoms with Gasteiger partial charge in [0, 0.05) is 81.0 Å². The highest BCUT2D eigenvalue weighted by molar-refractivity contribution is 6.32. The highest BCUT2D eigenvalue weighted by atomic mass is 35.5. The van der Waals surface area contributed by atoms with Crippen LogP contribution in [0.5, 0.6) is 11.5 Å². The number of aliphatic hydroxyl groups excluding tert-OH is 1. The van der Waals surface area contributed by atoms with Crippen LogP contribution in [0.25, 0.3) is 11.1 Å². The van der Waals surface area contributed by atoms with Crippen LogP contribution in [-0.2, 0) is 31.0 Å². The molecule has 4 heterocycles. The van der Waals surface area contributed by atoms with Gasteiger partial charge in [-0.15, -0.1) is 0 Å². The maximum absolute atomic E-state index is 13.6. The summed E-state index contributed by atoms with van der Waals surface area (Å²) in [6.07, 6.45) is 5.17. The fraction of sp³-hybridized carbons (Fsp3) is 0.419. The molecule has 0 aliphatic carbocycles. The van der Waals surface area contributed by atoms with Crippen molar-refractivity contribution in [1.82, 2.24) is 14.8 Å². The summed E-state index contributed by atoms with van der Waals surface area (Å²) in [6, 6.07) is 19.2. The SMILES string of the molecule is Cc1c(COc2cc(OCc3cncc(C#N)c3)c(CN3C[C@H](O)C[C@H]3C(=O)O)cc2Cl)cccc1-c1cccc2c1CCN2CCCN1CCC(F)CC1. The van der Waals surface area contributed by atoms with Gasteiger partial charge >= 0.3 is 5.97 Å². The number of fused-ring (bicyclic) bond motifs is 1. The number of benzene rings is 3. The Balaban J connectivity index is 1.08. The molecule has 1 aromatic heterocycles. The van der Waals surface area contributed by atoms with Crippen molar-refractivity contribution in [2.45, 2.75) is 77.1 Å². The summed E-state index contributed by atoms with van der Waals surface area (Å²) in [5, 5.41) is 29.8. The summed E-state index contributed by atoms with van der Waals surface area (Å²) in [5.74, 6) is -0.135. The van der Waals surface area contributed by atoms with Crippen LogP contribution in [0.4, 0.5) is 10.1 Å². The maximum Gasteiger partial charge on any atom is 0.321 e. The molecule has 0 saturated carbocycles. The number of carboxylic acid groups (broad SMARTS) is 1. The summed E-state index contributed by atoms with van der Waals surface area (Å²) >= 11 is 6.83. The van der Waals surface area contributed by atoms with Gasteiger partial charge < -0.3 is 29.5 Å². The summed E-state index contributed by atoms with van der Waals surface area (Å²) in [4.78, 5) is 22.7. The second-order valence-corrected chi connectivity index (χ2v) is 15.2. The number of aliphatic hydroxyl groups is 1. The molecule has 0 unspecified atom stereocenters. The van der Waals surface area contributed by atoms with Crippen molar-refractivity contribution < 1.29 is 28.9 Å². The van der Waals surface area contributed by atoms with Gasteiger partial charge in [0.1, 0.15) is 43.0 Å². The number of pyridine rings is 1. The Morgan fingerprint density at radius 1 is 1.00 bits per heavy atom. The lowest BCUT2D eigenvalue weighted by Gasteiger charge is -2.29. The van der Waals surface area contributed by atoms with E-state index in [1.807, 2.05) is 0 Å². The molecule has 2 N–H and O–H groups in total. The normalized spacial score (nSPS) is 19.0. The van der Waals surface area contributed by atoms with Gasteiger partial charge in [0.15, 0.2) is 0 Å². The smallest absolute Gasteiger partial charge is 0.321 e. The summed E-state index contributed by atoms with van der Waals surface area (Å²) in [6.45, 7) is 7.55. The maximum atomic E-state index is 13.6. The number of aromatic nitrogens is 1. The molecule has 4 aromatic rings. The predicted molar refractivity (Wildman–Crippen MR) is 209 cm³/mol. The molecule has 3 aromatic carbocycles. The van der Waals surface area contributed by atoms with Gasteiger partial charge in [-0.05, 0) is 85.2 Å². The van der Waals surface area contributed by atoms with Gasteiger partial charge in [0.05, 0.1) is 16.7 Å². The van der Waals surface area contributed by atoms with Crippen LogP contribution in [0.1, 0.15) is 59.1 Å². The number of ether oxygens (including phenoxy) is 2. The van der Waals surface area contributed by atoms with Crippen LogP contribution in [0, 0.1) is 18.3 Å². The first-order valence-corrected chi connectivity index (χ1v) is 19.4. The predicted octanol–water partition coefficient (Wildman–Crippen LogP) is 6.95. The molecule has 3 aliphatic rings. The van der Waals surface area contributed by atoms with Crippen LogP contribution >= 0.6 is 11.6 Å². The van der Waals surface area contributed by atoms with Crippen molar-refractivity contribution in [2.75, 3.05) is 44.2 Å². The number of hydrogen-bond acceptors (Lipinski definition) is 9. The van der Waals surface area contributed by atoms with Crippen molar-refractivity contribution in [3.8, 4) is 28.7 Å². The lowest BCUT2D eigenvalue weighted by molar-refractivity contribution is -0.142. The lowest BCUT2D eigenvalue weighted by Crippen LogP contribution is -2.36. The second-order valence-electron chi connectivity index (χ2n) is 14.8. The standard InChI is InChI=1S/C43H47ClFN5O5/c1-28-31(5-2-6-35(28)36-7-3-8-39-37(36)11-16-49(39)13-4-12-48-14-9-33(45)10-15-48)27-55-42-20-41(54-26-30-17-29(21-46)22-47-23-30)32(18-38(42)44)24-50-25-34(51)19-40(50)43(52)53/h2-3,5-8,17-18,20,22-23,33-34,40,51H,4,9-16,19,24-27H2,1H3,(H,52,53)/t34-,40+/m1/s1. The molecular formula is C43H47ClFN5O5. The first-order chi connectivity index (χ1) is 26.7. The number of β-amino-alcohol motifs (C(OH)–C–C–N with tert-alkyl or cyclic N) is 1. The minimum atomic E-state index is -0.998. The van der Waals surface area contributed by atoms with Crippen molar-refractivity contribution in [3.05, 3.63) is 105 Å². The Kier molecular flexibility index (Phi) is 12.2. The van der Waals surface area contributed by atoms with E-state index in [2.05, 4.69) is 64.2 Å². The zero-order valence-corrected chi connectivity index (χ0v) is 31.8. The van der Waals surface area contributed by atoms with Crippen LogP contribution in [-0.4, -0.2) is 88.6 Å². The number of rotatable bonds is 14. The molecule has 12 heteroatoms. The Morgan fingerprint density at radius 3 is 2.58 bits per heavy atom. The van der Waals surface area contributed by atoms with Crippen molar-refractivity contribution in [1.29, 1.82) is 5.26 Å². The molecule has 0 bridgehead atoms. The van der Waals surface area contributed by atoms with Gasteiger partial charge in [-0.25, -0.2) is 4.39 Å². The summed E-state index contributed by atoms with van der Waals surface area (Å²) < 4.78 is 26.2. The number of likely N-dealkylation sites (tertiary alicyclic amines) is 2. The third kappa shape index (κ3) is 9.05. The largest absolute Gasteiger partial charge is 0.488 e. The molecule has 7 rings (SSSR count). The van der Waals surface area contributed by atoms with E-state index < -0.39 is 24.3 Å². The van der Waals surface area contributed by atoms with E-state index >= 15 is 0 Å². The number of nitrogens with zero attached hydrogens (tertiary/aromatic N) is 5. The third-order valence-electron chi connectivity index (χ3n) is 11.1. The molecule has 10 nitrogen and oxygen atoms in total. The number of carboxylic acids is 1. The first-order valence-electron chi connectivity index (χ1n) is 19.1. The average Bonchev–Trinajstić information content (AvgIpc) is 3.78. The van der Waals surface area contributed by atoms with Gasteiger partial charge in [0.25, 0.3) is 0 Å². The van der Waals surface area contributed by atoms with Crippen LogP contribution in [0.3, 0.4) is 0 Å². The van der Waals surface area contributed by atoms with Gasteiger partial charge in [0.2, 0.25) is 0 Å². The number of aliphatic carboxylic acids is 1. The van der Waals surface area contributed by atoms with Crippen LogP contribution < -0.4 is 14.4 Å². The van der Waals surface area contributed by atoms with E-state index in [-0.39, 0.29) is 32.7 Å². The van der Waals surface area contributed by atoms with E-state index in [0.29, 0.717) is 46.1 Å². The van der Waals surface area contributed by atoms with E-state index in [0.717, 1.165) is 62.3 Å². The number of carbonyl (C=O) groups is 1. The fourth-order valence-corrected chi connectivity index (χ4v) is 8.39. The molecule has 3 aliphatic heterocycles. The third-order valence-corrected chi connectivity index (χ3v) is 11.4. The van der Waals surface area contributed by atoms with Crippen LogP contribution in [0.15, 0.2) is 67.0 Å². The number of anilines is 1. The Morgan fingerprint density at radius 2 is 1.78 bits per heavy atom. The van der Waals surface area contributed by atoms with Gasteiger partial charge in [-0.3, -0.25) is 14.7 Å². The van der Waals surface area contributed by atoms with E-state index in [9.17, 15) is 24.7 Å². The molecule has 0 amide bonds. The Hall–Kier alpha value is -4.73. The molecule has 2 saturated heterocycles. The van der Waals surface area contributed by atoms with E-state index in [4.69, 9.17) is 21.1 Å². The van der Waals surface area contributed by atoms with E-state index in [1.54, 1.807) is 29.3 Å². The number of piperidine rings is 1. The minimum Gasteiger partial charge on any atom is -0.488 e. The lowest BCUT2D eigenvalue weighted by atomic mass is 9.92. The fourth-order valence-electron chi connectivity index (χ4n) is 8.15. The van der Waals surface area contributed by atoms with Crippen molar-refractivity contribution >= 4 is 23.3 Å². The molecule has 2 fully saturated rings. The first kappa shape index (κ1) is 38.5. The van der Waals surface area contributed by atoms with E-state index in [1.165, 1.54) is 23.0 Å². The zero-order chi connectivity index (χ0) is 38.5. The average molecular weight is 768 g/mol. The molecule has 2 atom stereocenters. The minimum absolute atomic E-state index is 0.112. The highest BCUT2D eigenvalue weighted by Crippen LogP contribution is 2.39. The van der Waals surface area contributed by atoms with Gasteiger partial charge in [-0.2, -0.15) is 5.26 Å². The number of nitriles is 1. The second kappa shape index (κ2) is 17.4.